The number of hydrogen-bond acceptors (Lipinski definition) is 7. The molecule has 2 aliphatic rings. The summed E-state index contributed by atoms with van der Waals surface area (Å²) in [6, 6.07) is -1.25. The van der Waals surface area contributed by atoms with Crippen LogP contribution in [-0.2, 0) is 19.1 Å². The van der Waals surface area contributed by atoms with Gasteiger partial charge in [0.25, 0.3) is 11.8 Å². The minimum absolute atomic E-state index is 0.0692. The highest BCUT2D eigenvalue weighted by Crippen LogP contribution is 2.22. The van der Waals surface area contributed by atoms with Crippen molar-refractivity contribution < 1.29 is 37.4 Å². The minimum atomic E-state index is -4.82. The lowest BCUT2D eigenvalue weighted by Crippen LogP contribution is -2.53. The standard InChI is InChI=1S/C19H28F3N5O5/c1-18(2,3)10-27-17(31)13(16(30)25-11-4-5-11)15(29)23-7-6-12(26-27)14(28)24-8-9-32-19(20,21)22/h6-7,11-12,26,31H,4-5,8-10H2,1-3H3,(H,23,29)(H,24,28)(H,25,30)/b7-6+,17-13-. The van der Waals surface area contributed by atoms with Gasteiger partial charge in [-0.05, 0) is 24.3 Å². The number of hydrogen-bond donors (Lipinski definition) is 5. The van der Waals surface area contributed by atoms with Crippen molar-refractivity contribution in [3.8, 4) is 0 Å². The third-order valence-corrected chi connectivity index (χ3v) is 4.23. The summed E-state index contributed by atoms with van der Waals surface area (Å²) in [7, 11) is 0. The number of nitrogens with one attached hydrogen (secondary N) is 4. The second-order valence-corrected chi connectivity index (χ2v) is 8.62. The van der Waals surface area contributed by atoms with Crippen molar-refractivity contribution in [1.29, 1.82) is 0 Å². The highest BCUT2D eigenvalue weighted by atomic mass is 19.4. The van der Waals surface area contributed by atoms with Crippen LogP contribution in [0.1, 0.15) is 33.6 Å². The third-order valence-electron chi connectivity index (χ3n) is 4.23. The van der Waals surface area contributed by atoms with E-state index in [2.05, 4.69) is 26.1 Å². The fourth-order valence-corrected chi connectivity index (χ4v) is 2.68. The van der Waals surface area contributed by atoms with E-state index in [0.717, 1.165) is 24.1 Å². The number of carbonyl (C=O) groups excluding carboxylic acids is 3. The van der Waals surface area contributed by atoms with Crippen LogP contribution in [0.3, 0.4) is 0 Å². The number of nitrogens with zero attached hydrogens (tertiary/aromatic N) is 1. The Hall–Kier alpha value is -2.80. The van der Waals surface area contributed by atoms with Gasteiger partial charge in [0.15, 0.2) is 5.57 Å². The fourth-order valence-electron chi connectivity index (χ4n) is 2.68. The number of ether oxygens (including phenoxy) is 1. The molecule has 1 atom stereocenters. The van der Waals surface area contributed by atoms with Gasteiger partial charge >= 0.3 is 6.36 Å². The first-order valence-electron chi connectivity index (χ1n) is 10.0. The fraction of sp³-hybridized carbons (Fsp3) is 0.632. The molecule has 1 saturated carbocycles. The minimum Gasteiger partial charge on any atom is -0.493 e. The van der Waals surface area contributed by atoms with Crippen LogP contribution in [-0.4, -0.2) is 66.0 Å². The van der Waals surface area contributed by atoms with Crippen LogP contribution in [0, 0.1) is 5.41 Å². The molecule has 0 aromatic carbocycles. The molecule has 0 aromatic heterocycles. The Labute approximate surface area is 183 Å². The molecule has 0 bridgehead atoms. The molecule has 0 spiro atoms. The number of alkyl halides is 3. The Bertz CT molecular complexity index is 787. The smallest absolute Gasteiger partial charge is 0.493 e. The SMILES string of the molecule is CC(C)(C)CN1NC(C(=O)NCCOC(F)(F)F)/C=C/NC(=O)/C(C(=O)NC2CC2)=C\1O. The van der Waals surface area contributed by atoms with E-state index in [4.69, 9.17) is 0 Å². The van der Waals surface area contributed by atoms with Crippen LogP contribution in [0.15, 0.2) is 23.7 Å². The number of halogens is 3. The maximum Gasteiger partial charge on any atom is 0.522 e. The molecule has 0 saturated heterocycles. The number of amides is 3. The monoisotopic (exact) mass is 463 g/mol. The average Bonchev–Trinajstić information content (AvgIpc) is 3.44. The van der Waals surface area contributed by atoms with Crippen LogP contribution < -0.4 is 21.4 Å². The van der Waals surface area contributed by atoms with Gasteiger partial charge in [-0.2, -0.15) is 0 Å². The number of rotatable bonds is 7. The number of carbonyl (C=O) groups is 3. The van der Waals surface area contributed by atoms with Crippen LogP contribution in [0.5, 0.6) is 0 Å². The van der Waals surface area contributed by atoms with E-state index < -0.39 is 60.1 Å². The normalized spacial score (nSPS) is 23.5. The molecular weight excluding hydrogens is 435 g/mol. The summed E-state index contributed by atoms with van der Waals surface area (Å²) < 4.78 is 39.9. The highest BCUT2D eigenvalue weighted by Gasteiger charge is 2.34. The third kappa shape index (κ3) is 8.38. The van der Waals surface area contributed by atoms with Crippen molar-refractivity contribution >= 4 is 17.7 Å². The molecule has 10 nitrogen and oxygen atoms in total. The first-order chi connectivity index (χ1) is 14.8. The maximum absolute atomic E-state index is 12.6. The number of hydrazine groups is 1. The average molecular weight is 463 g/mol. The number of aliphatic hydroxyl groups is 1. The Balaban J connectivity index is 2.22. The molecule has 1 unspecified atom stereocenters. The molecule has 2 rings (SSSR count). The quantitative estimate of drug-likeness (QED) is 0.275. The van der Waals surface area contributed by atoms with Gasteiger partial charge in [-0.25, -0.2) is 5.43 Å². The van der Waals surface area contributed by atoms with Crippen molar-refractivity contribution in [2.75, 3.05) is 19.7 Å². The Morgan fingerprint density at radius 3 is 2.50 bits per heavy atom. The molecule has 0 radical (unpaired) electrons. The predicted molar refractivity (Wildman–Crippen MR) is 106 cm³/mol. The maximum atomic E-state index is 12.6. The lowest BCUT2D eigenvalue weighted by atomic mass is 9.96. The molecule has 32 heavy (non-hydrogen) atoms. The summed E-state index contributed by atoms with van der Waals surface area (Å²) in [5.41, 5.74) is 1.75. The molecule has 1 fully saturated rings. The van der Waals surface area contributed by atoms with Crippen molar-refractivity contribution in [3.05, 3.63) is 23.7 Å². The van der Waals surface area contributed by atoms with E-state index in [1.807, 2.05) is 20.8 Å². The lowest BCUT2D eigenvalue weighted by molar-refractivity contribution is -0.323. The van der Waals surface area contributed by atoms with Gasteiger partial charge in [0, 0.05) is 25.3 Å². The zero-order valence-corrected chi connectivity index (χ0v) is 18.0. The second-order valence-electron chi connectivity index (χ2n) is 8.62. The van der Waals surface area contributed by atoms with Gasteiger partial charge in [-0.1, -0.05) is 20.8 Å². The Morgan fingerprint density at radius 1 is 1.28 bits per heavy atom. The summed E-state index contributed by atoms with van der Waals surface area (Å²) in [6.07, 6.45) is -0.924. The molecule has 1 aliphatic heterocycles. The number of aliphatic hydroxyl groups excluding tert-OH is 1. The molecule has 1 heterocycles. The molecule has 1 aliphatic carbocycles. The van der Waals surface area contributed by atoms with E-state index in [0.29, 0.717) is 0 Å². The molecular formula is C19H28F3N5O5. The summed E-state index contributed by atoms with van der Waals surface area (Å²) >= 11 is 0. The van der Waals surface area contributed by atoms with E-state index in [1.165, 1.54) is 6.08 Å². The Morgan fingerprint density at radius 2 is 1.94 bits per heavy atom. The van der Waals surface area contributed by atoms with Gasteiger partial charge in [0.1, 0.15) is 6.04 Å². The highest BCUT2D eigenvalue weighted by molar-refractivity contribution is 6.19. The molecule has 3 amide bonds. The first kappa shape index (κ1) is 25.5. The van der Waals surface area contributed by atoms with Crippen LogP contribution >= 0.6 is 0 Å². The van der Waals surface area contributed by atoms with E-state index in [9.17, 15) is 32.7 Å². The van der Waals surface area contributed by atoms with E-state index in [1.54, 1.807) is 0 Å². The van der Waals surface area contributed by atoms with Gasteiger partial charge < -0.3 is 21.1 Å². The van der Waals surface area contributed by atoms with Gasteiger partial charge in [-0.15, -0.1) is 13.2 Å². The van der Waals surface area contributed by atoms with Gasteiger partial charge in [0.2, 0.25) is 11.8 Å². The summed E-state index contributed by atoms with van der Waals surface area (Å²) in [4.78, 5) is 37.6. The lowest BCUT2D eigenvalue weighted by Gasteiger charge is -2.33. The first-order valence-corrected chi connectivity index (χ1v) is 10.0. The zero-order chi connectivity index (χ0) is 24.1. The summed E-state index contributed by atoms with van der Waals surface area (Å²) in [5.74, 6) is -3.06. The van der Waals surface area contributed by atoms with Crippen molar-refractivity contribution in [1.82, 2.24) is 26.4 Å². The predicted octanol–water partition coefficient (Wildman–Crippen LogP) is 0.552. The second kappa shape index (κ2) is 10.2. The molecule has 0 aromatic rings. The van der Waals surface area contributed by atoms with E-state index >= 15 is 0 Å². The largest absolute Gasteiger partial charge is 0.522 e. The van der Waals surface area contributed by atoms with Crippen LogP contribution in [0.25, 0.3) is 0 Å². The summed E-state index contributed by atoms with van der Waals surface area (Å²) in [5, 5.41) is 19.2. The van der Waals surface area contributed by atoms with Crippen LogP contribution in [0.2, 0.25) is 0 Å². The van der Waals surface area contributed by atoms with Gasteiger partial charge in [-0.3, -0.25) is 24.1 Å². The zero-order valence-electron chi connectivity index (χ0n) is 18.0. The Kier molecular flexibility index (Phi) is 8.13. The van der Waals surface area contributed by atoms with Crippen molar-refractivity contribution in [2.45, 2.75) is 52.1 Å². The van der Waals surface area contributed by atoms with Crippen LogP contribution in [0.4, 0.5) is 13.2 Å². The van der Waals surface area contributed by atoms with Gasteiger partial charge in [0.05, 0.1) is 6.61 Å². The summed E-state index contributed by atoms with van der Waals surface area (Å²) in [6.45, 7) is 4.37. The topological polar surface area (TPSA) is 132 Å². The van der Waals surface area contributed by atoms with E-state index in [-0.39, 0.29) is 12.6 Å². The molecule has 180 valence electrons. The van der Waals surface area contributed by atoms with Crippen molar-refractivity contribution in [2.24, 2.45) is 5.41 Å². The molecule has 13 heteroatoms. The van der Waals surface area contributed by atoms with Crippen molar-refractivity contribution in [3.63, 3.8) is 0 Å². The molecule has 5 N–H and O–H groups in total.